The molecule has 1 aliphatic heterocycles. The Hall–Kier alpha value is -3.14. The van der Waals surface area contributed by atoms with Crippen LogP contribution in [0, 0.1) is 5.41 Å². The number of anilines is 1. The minimum Gasteiger partial charge on any atom is -0.598 e. The SMILES string of the molecule is CC(C)(C)[S+]([O-])N[C@@H]1c2ccccc2CC12CCN(c1nc3n[nH]c(C4(c5ccccc5)CC4)c3c(=O)[nH]1)CC2. The highest BCUT2D eigenvalue weighted by Gasteiger charge is 2.51. The van der Waals surface area contributed by atoms with E-state index in [-0.39, 0.29) is 27.2 Å². The van der Waals surface area contributed by atoms with Gasteiger partial charge >= 0.3 is 0 Å². The minimum atomic E-state index is -1.17. The molecule has 1 unspecified atom stereocenters. The molecule has 2 aliphatic carbocycles. The van der Waals surface area contributed by atoms with E-state index in [1.54, 1.807) is 0 Å². The van der Waals surface area contributed by atoms with Gasteiger partial charge in [-0.15, -0.1) is 4.72 Å². The summed E-state index contributed by atoms with van der Waals surface area (Å²) in [6, 6.07) is 18.9. The fourth-order valence-corrected chi connectivity index (χ4v) is 7.82. The molecular formula is C31H36N6O2S. The lowest BCUT2D eigenvalue weighted by atomic mass is 9.73. The Balaban J connectivity index is 1.15. The molecule has 4 aromatic rings. The van der Waals surface area contributed by atoms with Gasteiger partial charge in [0.25, 0.3) is 5.56 Å². The van der Waals surface area contributed by atoms with E-state index in [2.05, 4.69) is 61.2 Å². The molecule has 2 aromatic heterocycles. The second-order valence-electron chi connectivity index (χ2n) is 12.8. The number of hydrogen-bond donors (Lipinski definition) is 3. The van der Waals surface area contributed by atoms with Crippen LogP contribution in [0.15, 0.2) is 59.4 Å². The van der Waals surface area contributed by atoms with Crippen LogP contribution in [0.25, 0.3) is 11.0 Å². The van der Waals surface area contributed by atoms with Crippen molar-refractivity contribution in [3.05, 3.63) is 87.3 Å². The number of H-pyrrole nitrogens is 2. The molecule has 2 atom stereocenters. The van der Waals surface area contributed by atoms with Gasteiger partial charge in [0.05, 0.1) is 11.7 Å². The fraction of sp³-hybridized carbons (Fsp3) is 0.452. The first-order valence-corrected chi connectivity index (χ1v) is 15.4. The smallest absolute Gasteiger partial charge is 0.263 e. The van der Waals surface area contributed by atoms with Crippen LogP contribution < -0.4 is 15.2 Å². The lowest BCUT2D eigenvalue weighted by Gasteiger charge is -2.44. The highest BCUT2D eigenvalue weighted by molar-refractivity contribution is 7.90. The van der Waals surface area contributed by atoms with Crippen molar-refractivity contribution in [2.75, 3.05) is 18.0 Å². The zero-order valence-electron chi connectivity index (χ0n) is 23.3. The number of nitrogens with one attached hydrogen (secondary N) is 3. The molecule has 40 heavy (non-hydrogen) atoms. The maximum atomic E-state index is 13.5. The van der Waals surface area contributed by atoms with E-state index in [1.807, 2.05) is 39.0 Å². The second kappa shape index (κ2) is 9.19. The number of aromatic amines is 2. The number of piperidine rings is 1. The standard InChI is InChI=1S/C31H36N6O2S/c1-29(2,3)40(39)36-24-22-12-8-7-9-20(22)19-30(24)15-17-37(18-16-30)28-32-26-23(27(38)33-28)25(34-35-26)31(13-14-31)21-10-5-4-6-11-21/h4-12,24,36H,13-19H2,1-3H3,(H2,32,33,34,35,38)/t24-,40?/m1/s1. The zero-order chi connectivity index (χ0) is 27.7. The van der Waals surface area contributed by atoms with Gasteiger partial charge in [-0.05, 0) is 69.6 Å². The predicted octanol–water partition coefficient (Wildman–Crippen LogP) is 4.66. The van der Waals surface area contributed by atoms with Crippen LogP contribution in [0.3, 0.4) is 0 Å². The monoisotopic (exact) mass is 556 g/mol. The van der Waals surface area contributed by atoms with E-state index in [0.29, 0.717) is 17.0 Å². The van der Waals surface area contributed by atoms with E-state index in [1.165, 1.54) is 16.7 Å². The van der Waals surface area contributed by atoms with Gasteiger partial charge in [-0.3, -0.25) is 14.9 Å². The predicted molar refractivity (Wildman–Crippen MR) is 159 cm³/mol. The number of rotatable bonds is 5. The van der Waals surface area contributed by atoms with Crippen LogP contribution >= 0.6 is 0 Å². The highest BCUT2D eigenvalue weighted by atomic mass is 32.2. The topological polar surface area (TPSA) is 113 Å². The molecule has 7 rings (SSSR count). The van der Waals surface area contributed by atoms with Gasteiger partial charge in [0, 0.05) is 35.3 Å². The van der Waals surface area contributed by atoms with Crippen molar-refractivity contribution >= 4 is 28.3 Å². The molecule has 3 N–H and O–H groups in total. The van der Waals surface area contributed by atoms with Gasteiger partial charge in [0.1, 0.15) is 10.1 Å². The van der Waals surface area contributed by atoms with E-state index in [9.17, 15) is 9.35 Å². The third-order valence-electron chi connectivity index (χ3n) is 9.33. The fourth-order valence-electron chi connectivity index (χ4n) is 6.87. The van der Waals surface area contributed by atoms with E-state index in [4.69, 9.17) is 4.98 Å². The summed E-state index contributed by atoms with van der Waals surface area (Å²) in [7, 11) is 0. The molecule has 0 amide bonds. The largest absolute Gasteiger partial charge is 0.598 e. The van der Waals surface area contributed by atoms with Gasteiger partial charge in [-0.1, -0.05) is 54.6 Å². The Morgan fingerprint density at radius 3 is 2.42 bits per heavy atom. The van der Waals surface area contributed by atoms with Crippen molar-refractivity contribution in [3.63, 3.8) is 0 Å². The Bertz CT molecular complexity index is 1610. The van der Waals surface area contributed by atoms with Gasteiger partial charge in [0.2, 0.25) is 5.95 Å². The third-order valence-corrected chi connectivity index (χ3v) is 10.9. The third kappa shape index (κ3) is 4.09. The van der Waals surface area contributed by atoms with Crippen molar-refractivity contribution < 1.29 is 4.55 Å². The van der Waals surface area contributed by atoms with E-state index < -0.39 is 11.4 Å². The van der Waals surface area contributed by atoms with E-state index >= 15 is 0 Å². The average Bonchev–Trinajstić information content (AvgIpc) is 3.55. The summed E-state index contributed by atoms with van der Waals surface area (Å²) >= 11 is -1.17. The van der Waals surface area contributed by atoms with Crippen molar-refractivity contribution in [2.24, 2.45) is 5.41 Å². The van der Waals surface area contributed by atoms with Crippen LogP contribution in [-0.2, 0) is 23.2 Å². The molecule has 1 saturated carbocycles. The summed E-state index contributed by atoms with van der Waals surface area (Å²) in [6.45, 7) is 7.54. The molecule has 208 valence electrons. The number of hydrogen-bond acceptors (Lipinski definition) is 6. The normalized spacial score (nSPS) is 22.0. The Kier molecular flexibility index (Phi) is 5.93. The molecule has 1 saturated heterocycles. The first-order valence-electron chi connectivity index (χ1n) is 14.3. The molecule has 0 bridgehead atoms. The quantitative estimate of drug-likeness (QED) is 0.308. The van der Waals surface area contributed by atoms with Crippen LogP contribution in [0.5, 0.6) is 0 Å². The summed E-state index contributed by atoms with van der Waals surface area (Å²) in [4.78, 5) is 23.6. The molecule has 2 fully saturated rings. The number of benzene rings is 2. The average molecular weight is 557 g/mol. The van der Waals surface area contributed by atoms with Crippen molar-refractivity contribution in [1.29, 1.82) is 0 Å². The summed E-state index contributed by atoms with van der Waals surface area (Å²) in [5.74, 6) is 0.577. The van der Waals surface area contributed by atoms with Gasteiger partial charge in [-0.2, -0.15) is 10.1 Å². The number of fused-ring (bicyclic) bond motifs is 2. The molecular weight excluding hydrogens is 520 g/mol. The van der Waals surface area contributed by atoms with Crippen LogP contribution in [0.2, 0.25) is 0 Å². The molecule has 9 heteroatoms. The number of aromatic nitrogens is 4. The van der Waals surface area contributed by atoms with Gasteiger partial charge in [0.15, 0.2) is 5.65 Å². The lowest BCUT2D eigenvalue weighted by Crippen LogP contribution is -2.50. The summed E-state index contributed by atoms with van der Waals surface area (Å²) < 4.78 is 16.4. The maximum Gasteiger partial charge on any atom is 0.263 e. The molecule has 1 spiro atoms. The Labute approximate surface area is 237 Å². The van der Waals surface area contributed by atoms with Crippen LogP contribution in [0.4, 0.5) is 5.95 Å². The first-order chi connectivity index (χ1) is 19.2. The number of nitrogens with zero attached hydrogens (tertiary/aromatic N) is 3. The molecule has 2 aromatic carbocycles. The van der Waals surface area contributed by atoms with Gasteiger partial charge in [-0.25, -0.2) is 0 Å². The van der Waals surface area contributed by atoms with Crippen molar-refractivity contribution in [3.8, 4) is 0 Å². The van der Waals surface area contributed by atoms with Crippen LogP contribution in [-0.4, -0.2) is 42.6 Å². The molecule has 8 nitrogen and oxygen atoms in total. The molecule has 3 heterocycles. The Morgan fingerprint density at radius 2 is 1.73 bits per heavy atom. The zero-order valence-corrected chi connectivity index (χ0v) is 24.1. The van der Waals surface area contributed by atoms with Gasteiger partial charge < -0.3 is 9.45 Å². The molecule has 0 radical (unpaired) electrons. The molecule has 3 aliphatic rings. The van der Waals surface area contributed by atoms with Crippen molar-refractivity contribution in [1.82, 2.24) is 24.9 Å². The highest BCUT2D eigenvalue weighted by Crippen LogP contribution is 2.54. The second-order valence-corrected chi connectivity index (χ2v) is 14.8. The summed E-state index contributed by atoms with van der Waals surface area (Å²) in [6.07, 6.45) is 4.75. The Morgan fingerprint density at radius 1 is 1.02 bits per heavy atom. The summed E-state index contributed by atoms with van der Waals surface area (Å²) in [5.41, 5.74) is 4.80. The first kappa shape index (κ1) is 25.8. The lowest BCUT2D eigenvalue weighted by molar-refractivity contribution is 0.175. The minimum absolute atomic E-state index is 0.0287. The van der Waals surface area contributed by atoms with Crippen LogP contribution in [0.1, 0.15) is 74.9 Å². The maximum absolute atomic E-state index is 13.5. The van der Waals surface area contributed by atoms with Crippen molar-refractivity contribution in [2.45, 2.75) is 69.1 Å². The summed E-state index contributed by atoms with van der Waals surface area (Å²) in [5, 5.41) is 8.26. The van der Waals surface area contributed by atoms with E-state index in [0.717, 1.165) is 50.9 Å².